The third-order valence-electron chi connectivity index (χ3n) is 5.07. The number of piperidine rings is 1. The highest BCUT2D eigenvalue weighted by atomic mass is 16.6. The molecule has 1 saturated carbocycles. The van der Waals surface area contributed by atoms with Gasteiger partial charge in [0, 0.05) is 13.1 Å². The average Bonchev–Trinajstić information content (AvgIpc) is 3.44. The normalized spacial score (nSPS) is 20.0. The molecule has 0 aromatic heterocycles. The fourth-order valence-electron chi connectivity index (χ4n) is 3.57. The molecule has 6 heteroatoms. The lowest BCUT2D eigenvalue weighted by Gasteiger charge is -2.32. The van der Waals surface area contributed by atoms with Crippen LogP contribution >= 0.6 is 0 Å². The van der Waals surface area contributed by atoms with Gasteiger partial charge in [-0.3, -0.25) is 4.79 Å². The highest BCUT2D eigenvalue weighted by Gasteiger charge is 2.34. The number of hydrogen-bond donors (Lipinski definition) is 1. The highest BCUT2D eigenvalue weighted by molar-refractivity contribution is 6.06. The van der Waals surface area contributed by atoms with E-state index in [-0.39, 0.29) is 12.0 Å². The molecule has 2 fully saturated rings. The SMILES string of the molecule is CC(C)(C)OC(=O)N1CCC(=C2Oc3cccc(C4CC4)c3NC2=O)CC1. The first-order chi connectivity index (χ1) is 12.8. The first-order valence-electron chi connectivity index (χ1n) is 9.64. The Kier molecular flexibility index (Phi) is 4.36. The Morgan fingerprint density at radius 3 is 2.56 bits per heavy atom. The molecule has 2 heterocycles. The lowest BCUT2D eigenvalue weighted by atomic mass is 10.0. The summed E-state index contributed by atoms with van der Waals surface area (Å²) in [5, 5.41) is 3.04. The van der Waals surface area contributed by atoms with Crippen LogP contribution in [0.3, 0.4) is 0 Å². The molecule has 2 amide bonds. The Labute approximate surface area is 159 Å². The first kappa shape index (κ1) is 17.9. The molecule has 1 aromatic carbocycles. The molecular weight excluding hydrogens is 344 g/mol. The zero-order valence-corrected chi connectivity index (χ0v) is 16.1. The zero-order valence-electron chi connectivity index (χ0n) is 16.1. The van der Waals surface area contributed by atoms with Gasteiger partial charge in [0.25, 0.3) is 5.91 Å². The minimum Gasteiger partial charge on any atom is -0.449 e. The van der Waals surface area contributed by atoms with Gasteiger partial charge < -0.3 is 19.7 Å². The molecule has 1 N–H and O–H groups in total. The number of carbonyl (C=O) groups excluding carboxylic acids is 2. The van der Waals surface area contributed by atoms with Crippen LogP contribution < -0.4 is 10.1 Å². The number of likely N-dealkylation sites (tertiary alicyclic amines) is 1. The molecule has 27 heavy (non-hydrogen) atoms. The van der Waals surface area contributed by atoms with Gasteiger partial charge in [0.2, 0.25) is 0 Å². The lowest BCUT2D eigenvalue weighted by molar-refractivity contribution is -0.115. The lowest BCUT2D eigenvalue weighted by Crippen LogP contribution is -2.41. The summed E-state index contributed by atoms with van der Waals surface area (Å²) < 4.78 is 11.4. The fraction of sp³-hybridized carbons (Fsp3) is 0.524. The summed E-state index contributed by atoms with van der Waals surface area (Å²) >= 11 is 0. The van der Waals surface area contributed by atoms with E-state index >= 15 is 0 Å². The van der Waals surface area contributed by atoms with Crippen molar-refractivity contribution in [3.63, 3.8) is 0 Å². The van der Waals surface area contributed by atoms with Crippen LogP contribution in [0.4, 0.5) is 10.5 Å². The van der Waals surface area contributed by atoms with Gasteiger partial charge in [-0.1, -0.05) is 12.1 Å². The summed E-state index contributed by atoms with van der Waals surface area (Å²) in [6.07, 6.45) is 3.25. The van der Waals surface area contributed by atoms with Gasteiger partial charge in [-0.25, -0.2) is 4.79 Å². The van der Waals surface area contributed by atoms with Crippen molar-refractivity contribution in [1.82, 2.24) is 4.90 Å². The largest absolute Gasteiger partial charge is 0.449 e. The van der Waals surface area contributed by atoms with Gasteiger partial charge in [-0.2, -0.15) is 0 Å². The molecule has 0 atom stereocenters. The number of hydrogen-bond acceptors (Lipinski definition) is 4. The molecule has 144 valence electrons. The molecule has 2 aliphatic heterocycles. The Balaban J connectivity index is 1.48. The summed E-state index contributed by atoms with van der Waals surface area (Å²) in [5.41, 5.74) is 2.44. The number of benzene rings is 1. The van der Waals surface area contributed by atoms with Gasteiger partial charge in [0.05, 0.1) is 5.69 Å². The molecular formula is C21H26N2O4. The number of anilines is 1. The number of amides is 2. The molecule has 0 unspecified atom stereocenters. The van der Waals surface area contributed by atoms with Crippen LogP contribution in [0, 0.1) is 0 Å². The molecule has 6 nitrogen and oxygen atoms in total. The third kappa shape index (κ3) is 3.80. The molecule has 3 aliphatic rings. The van der Waals surface area contributed by atoms with E-state index in [1.807, 2.05) is 32.9 Å². The maximum atomic E-state index is 12.7. The predicted molar refractivity (Wildman–Crippen MR) is 102 cm³/mol. The molecule has 1 aromatic rings. The molecule has 0 bridgehead atoms. The van der Waals surface area contributed by atoms with Crippen molar-refractivity contribution >= 4 is 17.7 Å². The van der Waals surface area contributed by atoms with E-state index < -0.39 is 5.60 Å². The summed E-state index contributed by atoms with van der Waals surface area (Å²) in [6.45, 7) is 6.63. The Morgan fingerprint density at radius 1 is 1.22 bits per heavy atom. The second-order valence-corrected chi connectivity index (χ2v) is 8.45. The Morgan fingerprint density at radius 2 is 1.93 bits per heavy atom. The number of ether oxygens (including phenoxy) is 2. The minimum absolute atomic E-state index is 0.184. The summed E-state index contributed by atoms with van der Waals surface area (Å²) in [7, 11) is 0. The Bertz CT molecular complexity index is 808. The topological polar surface area (TPSA) is 67.9 Å². The van der Waals surface area contributed by atoms with Crippen molar-refractivity contribution in [2.24, 2.45) is 0 Å². The number of fused-ring (bicyclic) bond motifs is 1. The highest BCUT2D eigenvalue weighted by Crippen LogP contribution is 2.47. The predicted octanol–water partition coefficient (Wildman–Crippen LogP) is 4.18. The van der Waals surface area contributed by atoms with Gasteiger partial charge in [0.15, 0.2) is 11.5 Å². The van der Waals surface area contributed by atoms with Crippen molar-refractivity contribution < 1.29 is 19.1 Å². The zero-order chi connectivity index (χ0) is 19.2. The quantitative estimate of drug-likeness (QED) is 0.753. The molecule has 4 rings (SSSR count). The third-order valence-corrected chi connectivity index (χ3v) is 5.07. The summed E-state index contributed by atoms with van der Waals surface area (Å²) in [5.74, 6) is 1.46. The minimum atomic E-state index is -0.509. The van der Waals surface area contributed by atoms with Crippen LogP contribution in [-0.2, 0) is 9.53 Å². The van der Waals surface area contributed by atoms with Crippen molar-refractivity contribution in [2.75, 3.05) is 18.4 Å². The molecule has 0 radical (unpaired) electrons. The number of rotatable bonds is 1. The smallest absolute Gasteiger partial charge is 0.410 e. The van der Waals surface area contributed by atoms with Gasteiger partial charge >= 0.3 is 6.09 Å². The van der Waals surface area contributed by atoms with Gasteiger partial charge in [-0.05, 0) is 69.6 Å². The summed E-state index contributed by atoms with van der Waals surface area (Å²) in [4.78, 5) is 26.6. The van der Waals surface area contributed by atoms with E-state index in [1.54, 1.807) is 4.90 Å². The fourth-order valence-corrected chi connectivity index (χ4v) is 3.57. The van der Waals surface area contributed by atoms with E-state index in [1.165, 1.54) is 18.4 Å². The van der Waals surface area contributed by atoms with Crippen LogP contribution in [-0.4, -0.2) is 35.6 Å². The van der Waals surface area contributed by atoms with Gasteiger partial charge in [-0.15, -0.1) is 0 Å². The van der Waals surface area contributed by atoms with Crippen molar-refractivity contribution in [2.45, 2.75) is 58.0 Å². The average molecular weight is 370 g/mol. The van der Waals surface area contributed by atoms with Crippen LogP contribution in [0.5, 0.6) is 5.75 Å². The molecule has 1 saturated heterocycles. The molecule has 0 spiro atoms. The number of para-hydroxylation sites is 1. The van der Waals surface area contributed by atoms with Crippen LogP contribution in [0.2, 0.25) is 0 Å². The second-order valence-electron chi connectivity index (χ2n) is 8.45. The molecule has 1 aliphatic carbocycles. The standard InChI is InChI=1S/C21H26N2O4/c1-21(2,3)27-20(25)23-11-9-14(10-12-23)18-19(24)22-17-15(13-7-8-13)5-4-6-16(17)26-18/h4-6,13H,7-12H2,1-3H3,(H,22,24). The van der Waals surface area contributed by atoms with Crippen LogP contribution in [0.1, 0.15) is 57.9 Å². The monoisotopic (exact) mass is 370 g/mol. The van der Waals surface area contributed by atoms with Gasteiger partial charge in [0.1, 0.15) is 5.60 Å². The number of nitrogens with one attached hydrogen (secondary N) is 1. The maximum Gasteiger partial charge on any atom is 0.410 e. The summed E-state index contributed by atoms with van der Waals surface area (Å²) in [6, 6.07) is 5.95. The maximum absolute atomic E-state index is 12.7. The van der Waals surface area contributed by atoms with E-state index in [0.717, 1.165) is 17.0 Å². The van der Waals surface area contributed by atoms with E-state index in [0.29, 0.717) is 37.6 Å². The number of carbonyl (C=O) groups is 2. The number of nitrogens with zero attached hydrogens (tertiary/aromatic N) is 1. The van der Waals surface area contributed by atoms with E-state index in [4.69, 9.17) is 9.47 Å². The van der Waals surface area contributed by atoms with E-state index in [2.05, 4.69) is 11.4 Å². The van der Waals surface area contributed by atoms with Crippen LogP contribution in [0.15, 0.2) is 29.5 Å². The van der Waals surface area contributed by atoms with Crippen molar-refractivity contribution in [3.8, 4) is 5.75 Å². The van der Waals surface area contributed by atoms with E-state index in [9.17, 15) is 9.59 Å². The Hall–Kier alpha value is -2.50. The van der Waals surface area contributed by atoms with Crippen molar-refractivity contribution in [1.29, 1.82) is 0 Å². The van der Waals surface area contributed by atoms with Crippen molar-refractivity contribution in [3.05, 3.63) is 35.1 Å². The first-order valence-corrected chi connectivity index (χ1v) is 9.64. The van der Waals surface area contributed by atoms with Crippen LogP contribution in [0.25, 0.3) is 0 Å². The second kappa shape index (κ2) is 6.59.